The van der Waals surface area contributed by atoms with Gasteiger partial charge in [-0.1, -0.05) is 24.3 Å². The molecule has 8 nitrogen and oxygen atoms in total. The number of aromatic amines is 1. The quantitative estimate of drug-likeness (QED) is 0.551. The Kier molecular flexibility index (Phi) is 7.10. The van der Waals surface area contributed by atoms with Crippen molar-refractivity contribution >= 4 is 28.5 Å². The van der Waals surface area contributed by atoms with Crippen LogP contribution in [0.3, 0.4) is 0 Å². The van der Waals surface area contributed by atoms with Gasteiger partial charge in [0.2, 0.25) is 0 Å². The van der Waals surface area contributed by atoms with E-state index in [0.29, 0.717) is 28.5 Å². The summed E-state index contributed by atoms with van der Waals surface area (Å²) in [6.45, 7) is 6.91. The number of carbonyl (C=O) groups is 2. The van der Waals surface area contributed by atoms with E-state index in [2.05, 4.69) is 15.5 Å². The van der Waals surface area contributed by atoms with E-state index in [1.165, 1.54) is 17.0 Å². The van der Waals surface area contributed by atoms with E-state index >= 15 is 0 Å². The molecule has 0 atom stereocenters. The number of nitrogens with one attached hydrogen (secondary N) is 2. The van der Waals surface area contributed by atoms with Gasteiger partial charge in [-0.25, -0.2) is 14.3 Å². The van der Waals surface area contributed by atoms with Gasteiger partial charge in [-0.3, -0.25) is 9.59 Å². The van der Waals surface area contributed by atoms with Crippen LogP contribution in [-0.2, 0) is 16.0 Å². The average molecular weight is 455 g/mol. The number of likely N-dealkylation sites (N-methyl/N-ethyl adjacent to an activating group) is 1. The third-order valence-corrected chi connectivity index (χ3v) is 4.83. The molecule has 2 N–H and O–H groups in total. The van der Waals surface area contributed by atoms with Gasteiger partial charge in [0.15, 0.2) is 0 Å². The van der Waals surface area contributed by atoms with Crippen LogP contribution in [0.5, 0.6) is 0 Å². The number of rotatable bonds is 6. The van der Waals surface area contributed by atoms with Gasteiger partial charge >= 0.3 is 12.0 Å². The Labute approximate surface area is 190 Å². The Bertz CT molecular complexity index is 1230. The van der Waals surface area contributed by atoms with Crippen molar-refractivity contribution in [1.82, 2.24) is 15.1 Å². The number of esters is 1. The summed E-state index contributed by atoms with van der Waals surface area (Å²) in [6, 6.07) is 10.8. The molecular formula is C24H27FN4O4. The van der Waals surface area contributed by atoms with Crippen LogP contribution in [0.2, 0.25) is 0 Å². The molecule has 0 aliphatic heterocycles. The summed E-state index contributed by atoms with van der Waals surface area (Å²) in [7, 11) is 0. The van der Waals surface area contributed by atoms with Crippen LogP contribution in [-0.4, -0.2) is 45.8 Å². The summed E-state index contributed by atoms with van der Waals surface area (Å²) >= 11 is 0. The lowest BCUT2D eigenvalue weighted by Gasteiger charge is -2.24. The molecule has 1 aromatic heterocycles. The molecule has 0 saturated carbocycles. The predicted molar refractivity (Wildman–Crippen MR) is 124 cm³/mol. The molecule has 0 spiro atoms. The summed E-state index contributed by atoms with van der Waals surface area (Å²) < 4.78 is 19.7. The first kappa shape index (κ1) is 23.9. The number of aromatic nitrogens is 2. The van der Waals surface area contributed by atoms with E-state index < -0.39 is 23.4 Å². The molecule has 2 aromatic carbocycles. The van der Waals surface area contributed by atoms with E-state index in [4.69, 9.17) is 4.74 Å². The van der Waals surface area contributed by atoms with E-state index in [9.17, 15) is 18.8 Å². The summed E-state index contributed by atoms with van der Waals surface area (Å²) in [5.41, 5.74) is 0.327. The average Bonchev–Trinajstić information content (AvgIpc) is 2.75. The minimum atomic E-state index is -0.673. The lowest BCUT2D eigenvalue weighted by molar-refractivity contribution is -0.155. The van der Waals surface area contributed by atoms with Gasteiger partial charge in [0.25, 0.3) is 5.56 Å². The maximum Gasteiger partial charge on any atom is 0.326 e. The molecule has 174 valence electrons. The number of nitrogens with zero attached hydrogens (tertiary/aromatic N) is 2. The number of urea groups is 1. The molecule has 0 aliphatic rings. The molecule has 33 heavy (non-hydrogen) atoms. The second-order valence-corrected chi connectivity index (χ2v) is 8.57. The topological polar surface area (TPSA) is 104 Å². The number of ether oxygens (including phenoxy) is 1. The molecular weight excluding hydrogens is 427 g/mol. The predicted octanol–water partition coefficient (Wildman–Crippen LogP) is 3.85. The molecule has 2 amide bonds. The van der Waals surface area contributed by atoms with Crippen molar-refractivity contribution in [2.75, 3.05) is 18.4 Å². The van der Waals surface area contributed by atoms with Gasteiger partial charge < -0.3 is 15.0 Å². The third-order valence-electron chi connectivity index (χ3n) is 4.83. The number of anilines is 1. The number of benzene rings is 2. The van der Waals surface area contributed by atoms with E-state index in [0.717, 1.165) is 0 Å². The minimum Gasteiger partial charge on any atom is -0.459 e. The van der Waals surface area contributed by atoms with Crippen LogP contribution >= 0.6 is 0 Å². The van der Waals surface area contributed by atoms with E-state index in [-0.39, 0.29) is 24.3 Å². The molecule has 0 saturated heterocycles. The lowest BCUT2D eigenvalue weighted by atomic mass is 10.0. The number of hydrogen-bond donors (Lipinski definition) is 2. The van der Waals surface area contributed by atoms with Crippen molar-refractivity contribution in [2.24, 2.45) is 0 Å². The van der Waals surface area contributed by atoms with Crippen molar-refractivity contribution in [3.05, 3.63) is 69.9 Å². The first-order valence-corrected chi connectivity index (χ1v) is 10.6. The molecule has 0 unspecified atom stereocenters. The fourth-order valence-electron chi connectivity index (χ4n) is 3.33. The highest BCUT2D eigenvalue weighted by molar-refractivity contribution is 5.92. The molecule has 3 aromatic rings. The third kappa shape index (κ3) is 6.15. The van der Waals surface area contributed by atoms with Crippen molar-refractivity contribution in [2.45, 2.75) is 39.7 Å². The zero-order chi connectivity index (χ0) is 24.2. The number of H-pyrrole nitrogens is 1. The molecule has 0 radical (unpaired) electrons. The van der Waals surface area contributed by atoms with Gasteiger partial charge in [0, 0.05) is 18.4 Å². The summed E-state index contributed by atoms with van der Waals surface area (Å²) in [4.78, 5) is 38.0. The highest BCUT2D eigenvalue weighted by atomic mass is 19.1. The Morgan fingerprint density at radius 3 is 2.52 bits per heavy atom. The lowest BCUT2D eigenvalue weighted by Crippen LogP contribution is -2.41. The van der Waals surface area contributed by atoms with Crippen LogP contribution in [0.15, 0.2) is 47.3 Å². The second kappa shape index (κ2) is 9.81. The Balaban J connectivity index is 1.78. The zero-order valence-corrected chi connectivity index (χ0v) is 19.1. The fourth-order valence-corrected chi connectivity index (χ4v) is 3.33. The molecule has 9 heteroatoms. The molecule has 3 rings (SSSR count). The maximum atomic E-state index is 14.4. The van der Waals surface area contributed by atoms with Gasteiger partial charge in [-0.05, 0) is 51.5 Å². The maximum absolute atomic E-state index is 14.4. The first-order chi connectivity index (χ1) is 15.6. The standard InChI is InChI=1S/C24H27FN4O4/c1-5-29(14-21(30)33-24(2,3)4)23(32)26-20-13-15(10-11-18(20)25)12-19-16-8-6-7-9-17(16)22(31)28-27-19/h6-11,13H,5,12,14H2,1-4H3,(H,26,32)(H,28,31). The van der Waals surface area contributed by atoms with Gasteiger partial charge in [-0.15, -0.1) is 0 Å². The number of carbonyl (C=O) groups excluding carboxylic acids is 2. The SMILES string of the molecule is CCN(CC(=O)OC(C)(C)C)C(=O)Nc1cc(Cc2n[nH]c(=O)c3ccccc23)ccc1F. The smallest absolute Gasteiger partial charge is 0.326 e. The molecule has 0 aliphatic carbocycles. The van der Waals surface area contributed by atoms with Crippen LogP contribution < -0.4 is 10.9 Å². The molecule has 0 bridgehead atoms. The Morgan fingerprint density at radius 2 is 1.85 bits per heavy atom. The van der Waals surface area contributed by atoms with Crippen LogP contribution in [0, 0.1) is 5.82 Å². The Morgan fingerprint density at radius 1 is 1.15 bits per heavy atom. The van der Waals surface area contributed by atoms with Gasteiger partial charge in [0.05, 0.1) is 16.8 Å². The van der Waals surface area contributed by atoms with Gasteiger partial charge in [-0.2, -0.15) is 5.10 Å². The van der Waals surface area contributed by atoms with Crippen LogP contribution in [0.1, 0.15) is 39.0 Å². The Hall–Kier alpha value is -3.75. The molecule has 1 heterocycles. The number of amides is 2. The van der Waals surface area contributed by atoms with Gasteiger partial charge in [0.1, 0.15) is 18.0 Å². The largest absolute Gasteiger partial charge is 0.459 e. The number of fused-ring (bicyclic) bond motifs is 1. The normalized spacial score (nSPS) is 11.3. The number of halogens is 1. The highest BCUT2D eigenvalue weighted by Crippen LogP contribution is 2.21. The summed E-state index contributed by atoms with van der Waals surface area (Å²) in [5, 5.41) is 10.4. The summed E-state index contributed by atoms with van der Waals surface area (Å²) in [6.07, 6.45) is 0.315. The second-order valence-electron chi connectivity index (χ2n) is 8.57. The van der Waals surface area contributed by atoms with Crippen molar-refractivity contribution < 1.29 is 18.7 Å². The summed E-state index contributed by atoms with van der Waals surface area (Å²) in [5.74, 6) is -1.16. The van der Waals surface area contributed by atoms with Crippen LogP contribution in [0.25, 0.3) is 10.8 Å². The minimum absolute atomic E-state index is 0.0196. The first-order valence-electron chi connectivity index (χ1n) is 10.6. The number of hydrogen-bond acceptors (Lipinski definition) is 5. The van der Waals surface area contributed by atoms with E-state index in [1.807, 2.05) is 6.07 Å². The van der Waals surface area contributed by atoms with Crippen molar-refractivity contribution in [3.8, 4) is 0 Å². The molecule has 0 fully saturated rings. The monoisotopic (exact) mass is 454 g/mol. The fraction of sp³-hybridized carbons (Fsp3) is 0.333. The van der Waals surface area contributed by atoms with Crippen LogP contribution in [0.4, 0.5) is 14.9 Å². The van der Waals surface area contributed by atoms with Crippen molar-refractivity contribution in [3.63, 3.8) is 0 Å². The van der Waals surface area contributed by atoms with Crippen molar-refractivity contribution in [1.29, 1.82) is 0 Å². The zero-order valence-electron chi connectivity index (χ0n) is 19.1. The highest BCUT2D eigenvalue weighted by Gasteiger charge is 2.22. The van der Waals surface area contributed by atoms with E-state index in [1.54, 1.807) is 52.0 Å².